The Bertz CT molecular complexity index is 219. The molecule has 0 radical (unpaired) electrons. The van der Waals surface area contributed by atoms with Gasteiger partial charge in [0, 0.05) is 13.1 Å². The first-order valence-corrected chi connectivity index (χ1v) is 4.17. The fourth-order valence-electron chi connectivity index (χ4n) is 1.36. The third-order valence-electron chi connectivity index (χ3n) is 2.06. The van der Waals surface area contributed by atoms with Crippen LogP contribution in [-0.4, -0.2) is 51.6 Å². The predicted molar refractivity (Wildman–Crippen MR) is 46.7 cm³/mol. The van der Waals surface area contributed by atoms with Crippen molar-refractivity contribution in [3.63, 3.8) is 0 Å². The van der Waals surface area contributed by atoms with Gasteiger partial charge in [-0.05, 0) is 6.92 Å². The van der Waals surface area contributed by atoms with Crippen LogP contribution in [0.1, 0.15) is 6.92 Å². The van der Waals surface area contributed by atoms with Gasteiger partial charge < -0.3 is 10.2 Å². The summed E-state index contributed by atoms with van der Waals surface area (Å²) in [5.74, 6) is 0. The number of carbonyl (C=O) groups excluding carboxylic acids is 1. The molecule has 2 amide bonds. The summed E-state index contributed by atoms with van der Waals surface area (Å²) in [4.78, 5) is 13.8. The van der Waals surface area contributed by atoms with Gasteiger partial charge >= 0.3 is 6.03 Å². The summed E-state index contributed by atoms with van der Waals surface area (Å²) in [5.41, 5.74) is 0. The van der Waals surface area contributed by atoms with E-state index in [2.05, 4.69) is 6.58 Å². The van der Waals surface area contributed by atoms with Gasteiger partial charge in [-0.2, -0.15) is 0 Å². The van der Waals surface area contributed by atoms with E-state index < -0.39 is 12.5 Å². The van der Waals surface area contributed by atoms with Gasteiger partial charge in [0.2, 0.25) is 0 Å². The summed E-state index contributed by atoms with van der Waals surface area (Å²) in [5, 5.41) is 18.8. The zero-order valence-electron chi connectivity index (χ0n) is 7.55. The highest BCUT2D eigenvalue weighted by atomic mass is 16.4. The molecule has 1 fully saturated rings. The largest absolute Gasteiger partial charge is 0.369 e. The molecular formula is C8H14N2O3. The molecule has 1 aliphatic heterocycles. The highest BCUT2D eigenvalue weighted by Crippen LogP contribution is 2.18. The van der Waals surface area contributed by atoms with Crippen molar-refractivity contribution in [2.45, 2.75) is 19.4 Å². The van der Waals surface area contributed by atoms with E-state index in [0.29, 0.717) is 6.54 Å². The van der Waals surface area contributed by atoms with E-state index in [1.807, 2.05) is 0 Å². The molecule has 1 heterocycles. The van der Waals surface area contributed by atoms with Crippen LogP contribution < -0.4 is 0 Å². The minimum Gasteiger partial charge on any atom is -0.369 e. The summed E-state index contributed by atoms with van der Waals surface area (Å²) >= 11 is 0. The third kappa shape index (κ3) is 1.52. The van der Waals surface area contributed by atoms with E-state index in [1.54, 1.807) is 6.92 Å². The maximum Gasteiger partial charge on any atom is 0.324 e. The third-order valence-corrected chi connectivity index (χ3v) is 2.06. The molecule has 1 aliphatic rings. The smallest absolute Gasteiger partial charge is 0.324 e. The van der Waals surface area contributed by atoms with Gasteiger partial charge in [-0.3, -0.25) is 9.80 Å². The number of nitrogens with zero attached hydrogens (tertiary/aromatic N) is 2. The van der Waals surface area contributed by atoms with Gasteiger partial charge in [-0.15, -0.1) is 6.58 Å². The second-order valence-corrected chi connectivity index (χ2v) is 2.84. The standard InChI is InChI=1S/C8H14N2O3/c1-3-5-10-7(12)6(11)9(4-2)8(10)13/h3,6-7,11-12H,1,4-5H2,2H3. The number of urea groups is 1. The van der Waals surface area contributed by atoms with E-state index in [-0.39, 0.29) is 12.6 Å². The number of carbonyl (C=O) groups is 1. The van der Waals surface area contributed by atoms with Gasteiger partial charge in [0.15, 0.2) is 12.5 Å². The molecule has 0 aromatic carbocycles. The van der Waals surface area contributed by atoms with Crippen LogP contribution in [-0.2, 0) is 0 Å². The monoisotopic (exact) mass is 186 g/mol. The molecule has 2 atom stereocenters. The molecule has 5 heteroatoms. The second kappa shape index (κ2) is 3.76. The molecule has 0 aromatic heterocycles. The van der Waals surface area contributed by atoms with Crippen LogP contribution in [0.15, 0.2) is 12.7 Å². The van der Waals surface area contributed by atoms with Gasteiger partial charge in [-0.25, -0.2) is 4.79 Å². The number of likely N-dealkylation sites (N-methyl/N-ethyl adjacent to an activating group) is 1. The van der Waals surface area contributed by atoms with Gasteiger partial charge in [0.25, 0.3) is 0 Å². The molecule has 2 N–H and O–H groups in total. The molecule has 13 heavy (non-hydrogen) atoms. The molecule has 5 nitrogen and oxygen atoms in total. The van der Waals surface area contributed by atoms with Crippen LogP contribution >= 0.6 is 0 Å². The Labute approximate surface area is 76.9 Å². The second-order valence-electron chi connectivity index (χ2n) is 2.84. The molecule has 2 unspecified atom stereocenters. The first-order valence-electron chi connectivity index (χ1n) is 4.17. The van der Waals surface area contributed by atoms with E-state index in [0.717, 1.165) is 0 Å². The Morgan fingerprint density at radius 2 is 2.00 bits per heavy atom. The zero-order chi connectivity index (χ0) is 10.0. The van der Waals surface area contributed by atoms with Crippen LogP contribution in [0.4, 0.5) is 4.79 Å². The van der Waals surface area contributed by atoms with Crippen LogP contribution in [0.3, 0.4) is 0 Å². The number of rotatable bonds is 3. The molecule has 0 aromatic rings. The highest BCUT2D eigenvalue weighted by Gasteiger charge is 2.42. The van der Waals surface area contributed by atoms with Crippen molar-refractivity contribution in [2.24, 2.45) is 0 Å². The van der Waals surface area contributed by atoms with Gasteiger partial charge in [0.1, 0.15) is 0 Å². The molecule has 0 aliphatic carbocycles. The molecule has 0 saturated carbocycles. The van der Waals surface area contributed by atoms with E-state index in [1.165, 1.54) is 15.9 Å². The summed E-state index contributed by atoms with van der Waals surface area (Å²) in [7, 11) is 0. The van der Waals surface area contributed by atoms with Crippen molar-refractivity contribution in [1.29, 1.82) is 0 Å². The lowest BCUT2D eigenvalue weighted by Gasteiger charge is -2.16. The molecule has 74 valence electrons. The first kappa shape index (κ1) is 10.0. The fourth-order valence-corrected chi connectivity index (χ4v) is 1.36. The Morgan fingerprint density at radius 1 is 1.46 bits per heavy atom. The van der Waals surface area contributed by atoms with Crippen molar-refractivity contribution in [1.82, 2.24) is 9.80 Å². The Balaban J connectivity index is 2.77. The van der Waals surface area contributed by atoms with E-state index >= 15 is 0 Å². The Hall–Kier alpha value is -1.07. The molecule has 0 spiro atoms. The SMILES string of the molecule is C=CCN1C(=O)N(CC)C(O)C1O. The van der Waals surface area contributed by atoms with Crippen molar-refractivity contribution in [2.75, 3.05) is 13.1 Å². The van der Waals surface area contributed by atoms with E-state index in [9.17, 15) is 15.0 Å². The number of aliphatic hydroxyl groups is 2. The van der Waals surface area contributed by atoms with Crippen molar-refractivity contribution in [3.8, 4) is 0 Å². The Morgan fingerprint density at radius 3 is 2.38 bits per heavy atom. The fraction of sp³-hybridized carbons (Fsp3) is 0.625. The first-order chi connectivity index (χ1) is 6.13. The number of hydrogen-bond acceptors (Lipinski definition) is 3. The van der Waals surface area contributed by atoms with E-state index in [4.69, 9.17) is 0 Å². The van der Waals surface area contributed by atoms with Gasteiger partial charge in [0.05, 0.1) is 0 Å². The molecular weight excluding hydrogens is 172 g/mol. The summed E-state index contributed by atoms with van der Waals surface area (Å²) in [6.07, 6.45) is -0.768. The highest BCUT2D eigenvalue weighted by molar-refractivity contribution is 5.77. The number of amides is 2. The van der Waals surface area contributed by atoms with Gasteiger partial charge in [-0.1, -0.05) is 6.08 Å². The minimum absolute atomic E-state index is 0.244. The van der Waals surface area contributed by atoms with Crippen molar-refractivity contribution in [3.05, 3.63) is 12.7 Å². The lowest BCUT2D eigenvalue weighted by Crippen LogP contribution is -2.36. The normalized spacial score (nSPS) is 28.4. The molecule has 1 rings (SSSR count). The minimum atomic E-state index is -1.15. The Kier molecular flexibility index (Phi) is 2.90. The number of aliphatic hydroxyl groups excluding tert-OH is 2. The molecule has 1 saturated heterocycles. The summed E-state index contributed by atoms with van der Waals surface area (Å²) in [6.45, 7) is 5.83. The zero-order valence-corrected chi connectivity index (χ0v) is 7.55. The van der Waals surface area contributed by atoms with Crippen LogP contribution in [0, 0.1) is 0 Å². The average molecular weight is 186 g/mol. The van der Waals surface area contributed by atoms with Crippen LogP contribution in [0.25, 0.3) is 0 Å². The summed E-state index contributed by atoms with van der Waals surface area (Å²) in [6, 6.07) is -0.359. The summed E-state index contributed by atoms with van der Waals surface area (Å²) < 4.78 is 0. The lowest BCUT2D eigenvalue weighted by molar-refractivity contribution is -0.0627. The maximum absolute atomic E-state index is 11.4. The quantitative estimate of drug-likeness (QED) is 0.588. The van der Waals surface area contributed by atoms with Crippen molar-refractivity contribution < 1.29 is 15.0 Å². The maximum atomic E-state index is 11.4. The topological polar surface area (TPSA) is 64.0 Å². The lowest BCUT2D eigenvalue weighted by atomic mass is 10.4. The average Bonchev–Trinajstić information content (AvgIpc) is 2.31. The predicted octanol–water partition coefficient (Wildman–Crippen LogP) is -0.433. The van der Waals surface area contributed by atoms with Crippen LogP contribution in [0.2, 0.25) is 0 Å². The molecule has 0 bridgehead atoms. The van der Waals surface area contributed by atoms with Crippen LogP contribution in [0.5, 0.6) is 0 Å². The number of hydrogen-bond donors (Lipinski definition) is 2. The van der Waals surface area contributed by atoms with Crippen molar-refractivity contribution >= 4 is 6.03 Å².